The van der Waals surface area contributed by atoms with E-state index in [1.165, 1.54) is 12.1 Å². The Labute approximate surface area is 151 Å². The number of para-hydroxylation sites is 1. The minimum atomic E-state index is -4.35. The molecule has 3 rings (SSSR count). The molecule has 4 nitrogen and oxygen atoms in total. The number of fused-ring (bicyclic) bond motifs is 1. The molecule has 0 aliphatic carbocycles. The lowest BCUT2D eigenvalue weighted by atomic mass is 10.2. The van der Waals surface area contributed by atoms with Crippen LogP contribution in [0.1, 0.15) is 5.56 Å². The van der Waals surface area contributed by atoms with Crippen LogP contribution < -0.4 is 4.72 Å². The fourth-order valence-electron chi connectivity index (χ4n) is 2.41. The Hall–Kier alpha value is -2.16. The Morgan fingerprint density at radius 1 is 1.12 bits per heavy atom. The maximum absolute atomic E-state index is 12.8. The summed E-state index contributed by atoms with van der Waals surface area (Å²) in [6, 6.07) is 12.8. The molecular weight excluding hydrogens is 363 g/mol. The van der Waals surface area contributed by atoms with Gasteiger partial charge in [0, 0.05) is 46.5 Å². The summed E-state index contributed by atoms with van der Waals surface area (Å²) in [6.07, 6.45) is -2.55. The van der Waals surface area contributed by atoms with Gasteiger partial charge in [-0.05, 0) is 30.3 Å². The Balaban J connectivity index is 1.97. The van der Waals surface area contributed by atoms with Crippen molar-refractivity contribution < 1.29 is 17.9 Å². The highest BCUT2D eigenvalue weighted by Crippen LogP contribution is 2.30. The first-order valence-electron chi connectivity index (χ1n) is 7.91. The average Bonchev–Trinajstić information content (AvgIpc) is 3.03. The monoisotopic (exact) mass is 381 g/mol. The maximum Gasteiger partial charge on any atom is 0.416 e. The number of rotatable bonds is 6. The molecule has 1 aromatic heterocycles. The largest absolute Gasteiger partial charge is 0.416 e. The van der Waals surface area contributed by atoms with Crippen LogP contribution in [0.5, 0.6) is 0 Å². The number of benzene rings is 2. The van der Waals surface area contributed by atoms with Crippen molar-refractivity contribution in [2.75, 3.05) is 20.3 Å². The number of hydrogen-bond donors (Lipinski definition) is 2. The molecule has 1 unspecified atom stereocenters. The topological polar surface area (TPSA) is 49.4 Å². The van der Waals surface area contributed by atoms with Crippen molar-refractivity contribution in [3.63, 3.8) is 0 Å². The number of halogens is 3. The van der Waals surface area contributed by atoms with Gasteiger partial charge in [0.05, 0.1) is 17.9 Å². The number of nitrogens with one attached hydrogen (secondary N) is 2. The second kappa shape index (κ2) is 8.03. The lowest BCUT2D eigenvalue weighted by Crippen LogP contribution is -2.21. The zero-order valence-corrected chi connectivity index (χ0v) is 14.8. The lowest BCUT2D eigenvalue weighted by molar-refractivity contribution is -0.137. The highest BCUT2D eigenvalue weighted by Gasteiger charge is 2.30. The molecule has 138 valence electrons. The molecule has 1 atom stereocenters. The molecule has 2 N–H and O–H groups in total. The molecule has 1 heterocycles. The molecule has 0 saturated heterocycles. The van der Waals surface area contributed by atoms with Crippen LogP contribution in [0.25, 0.3) is 10.9 Å². The van der Waals surface area contributed by atoms with Crippen LogP contribution in [0.15, 0.2) is 64.0 Å². The molecule has 26 heavy (non-hydrogen) atoms. The third-order valence-corrected chi connectivity index (χ3v) is 5.28. The zero-order valence-electron chi connectivity index (χ0n) is 14.0. The molecule has 0 aliphatic rings. The highest BCUT2D eigenvalue weighted by atomic mass is 32.2. The van der Waals surface area contributed by atoms with Crippen LogP contribution in [-0.4, -0.2) is 25.2 Å². The molecule has 0 saturated carbocycles. The summed E-state index contributed by atoms with van der Waals surface area (Å²) in [5.41, 5.74) is 1.04. The Morgan fingerprint density at radius 3 is 2.54 bits per heavy atom. The Kier molecular flexibility index (Phi) is 5.75. The average molecular weight is 381 g/mol. The van der Waals surface area contributed by atoms with Crippen molar-refractivity contribution in [1.29, 1.82) is 0 Å². The molecule has 0 radical (unpaired) electrons. The van der Waals surface area contributed by atoms with Gasteiger partial charge in [0.2, 0.25) is 0 Å². The quantitative estimate of drug-likeness (QED) is 0.601. The van der Waals surface area contributed by atoms with E-state index in [0.29, 0.717) is 18.0 Å². The van der Waals surface area contributed by atoms with Crippen molar-refractivity contribution in [1.82, 2.24) is 9.71 Å². The number of hydrogen-bond acceptors (Lipinski definition) is 2. The first-order valence-corrected chi connectivity index (χ1v) is 9.09. The van der Waals surface area contributed by atoms with Crippen molar-refractivity contribution >= 4 is 27.5 Å². The summed E-state index contributed by atoms with van der Waals surface area (Å²) in [5.74, 6) is 0. The van der Waals surface area contributed by atoms with E-state index in [1.54, 1.807) is 13.3 Å². The summed E-state index contributed by atoms with van der Waals surface area (Å²) in [4.78, 5) is 3.83. The van der Waals surface area contributed by atoms with E-state index in [1.807, 2.05) is 24.3 Å². The number of aromatic nitrogens is 1. The van der Waals surface area contributed by atoms with Crippen LogP contribution in [-0.2, 0) is 21.8 Å². The van der Waals surface area contributed by atoms with E-state index in [2.05, 4.69) is 9.71 Å². The van der Waals surface area contributed by atoms with Crippen molar-refractivity contribution in [3.05, 3.63) is 60.3 Å². The molecule has 2 aromatic carbocycles. The molecule has 3 aromatic rings. The van der Waals surface area contributed by atoms with E-state index < -0.39 is 22.6 Å². The number of methoxy groups -OCH3 is 1. The van der Waals surface area contributed by atoms with Gasteiger partial charge in [-0.2, -0.15) is 13.2 Å². The summed E-state index contributed by atoms with van der Waals surface area (Å²) in [5, 5.41) is 0.963. The summed E-state index contributed by atoms with van der Waals surface area (Å²) >= 11 is 0. The first-order chi connectivity index (χ1) is 12.5. The summed E-state index contributed by atoms with van der Waals surface area (Å²) in [6.45, 7) is 1.01. The second-order valence-electron chi connectivity index (χ2n) is 5.50. The number of nitrogens with zero attached hydrogens (tertiary/aromatic N) is 1. The molecule has 0 amide bonds. The minimum Gasteiger partial charge on any atom is -0.383 e. The number of alkyl halides is 3. The van der Waals surface area contributed by atoms with Gasteiger partial charge in [0.15, 0.2) is 0 Å². The van der Waals surface area contributed by atoms with Crippen LogP contribution >= 0.6 is 0 Å². The van der Waals surface area contributed by atoms with Crippen molar-refractivity contribution in [2.24, 2.45) is 4.36 Å². The molecule has 0 aliphatic heterocycles. The maximum atomic E-state index is 12.8. The lowest BCUT2D eigenvalue weighted by Gasteiger charge is -2.12. The minimum absolute atomic E-state index is 0.480. The Bertz CT molecular complexity index is 904. The van der Waals surface area contributed by atoms with Crippen LogP contribution in [0.3, 0.4) is 0 Å². The van der Waals surface area contributed by atoms with Gasteiger partial charge in [-0.3, -0.25) is 0 Å². The highest BCUT2D eigenvalue weighted by molar-refractivity contribution is 7.85. The SMILES string of the molecule is COCCNS(=Nc1c[nH]c2ccccc12)c1ccc(C(F)(F)F)cc1. The van der Waals surface area contributed by atoms with E-state index >= 15 is 0 Å². The van der Waals surface area contributed by atoms with Gasteiger partial charge >= 0.3 is 6.18 Å². The van der Waals surface area contributed by atoms with Crippen LogP contribution in [0.2, 0.25) is 0 Å². The molecule has 0 spiro atoms. The van der Waals surface area contributed by atoms with E-state index in [9.17, 15) is 13.2 Å². The van der Waals surface area contributed by atoms with E-state index in [4.69, 9.17) is 9.10 Å². The standard InChI is InChI=1S/C18H18F3N3OS/c1-25-11-10-23-26(14-8-6-13(7-9-14)18(19,20)21)24-17-12-22-16-5-3-2-4-15(16)17/h2-9,12,22H,10-11H2,1H3,(H,23,24). The van der Waals surface area contributed by atoms with Crippen molar-refractivity contribution in [3.8, 4) is 0 Å². The molecule has 0 bridgehead atoms. The van der Waals surface area contributed by atoms with Gasteiger partial charge in [-0.15, -0.1) is 0 Å². The van der Waals surface area contributed by atoms with E-state index in [-0.39, 0.29) is 0 Å². The van der Waals surface area contributed by atoms with Gasteiger partial charge in [-0.1, -0.05) is 18.2 Å². The predicted molar refractivity (Wildman–Crippen MR) is 97.3 cm³/mol. The van der Waals surface area contributed by atoms with Gasteiger partial charge in [0.25, 0.3) is 0 Å². The molecule has 0 fully saturated rings. The zero-order chi connectivity index (χ0) is 18.6. The third kappa shape index (κ3) is 4.32. The third-order valence-electron chi connectivity index (χ3n) is 3.71. The smallest absolute Gasteiger partial charge is 0.383 e. The van der Waals surface area contributed by atoms with Gasteiger partial charge in [-0.25, -0.2) is 9.08 Å². The number of ether oxygens (including phenoxy) is 1. The molecular formula is C18H18F3N3OS. The van der Waals surface area contributed by atoms with Gasteiger partial charge < -0.3 is 9.72 Å². The van der Waals surface area contributed by atoms with Crippen LogP contribution in [0.4, 0.5) is 18.9 Å². The fraction of sp³-hybridized carbons (Fsp3) is 0.222. The fourth-order valence-corrected chi connectivity index (χ4v) is 3.77. The van der Waals surface area contributed by atoms with Crippen molar-refractivity contribution in [2.45, 2.75) is 11.1 Å². The number of aromatic amines is 1. The first kappa shape index (κ1) is 18.6. The Morgan fingerprint density at radius 2 is 1.85 bits per heavy atom. The summed E-state index contributed by atoms with van der Waals surface area (Å²) in [7, 11) is 0.790. The predicted octanol–water partition coefficient (Wildman–Crippen LogP) is 4.83. The number of H-pyrrole nitrogens is 1. The summed E-state index contributed by atoms with van der Waals surface area (Å²) < 4.78 is 51.4. The van der Waals surface area contributed by atoms with E-state index in [0.717, 1.165) is 28.7 Å². The van der Waals surface area contributed by atoms with Crippen LogP contribution in [0, 0.1) is 0 Å². The molecule has 8 heteroatoms. The second-order valence-corrected chi connectivity index (χ2v) is 7.02. The van der Waals surface area contributed by atoms with Gasteiger partial charge in [0.1, 0.15) is 0 Å². The normalized spacial score (nSPS) is 13.4.